The number of ether oxygens (including phenoxy) is 1. The average molecular weight is 406 g/mol. The third kappa shape index (κ3) is 4.23. The third-order valence-corrected chi connectivity index (χ3v) is 6.09. The summed E-state index contributed by atoms with van der Waals surface area (Å²) >= 11 is 1.64. The molecule has 2 aromatic rings. The lowest BCUT2D eigenvalue weighted by Crippen LogP contribution is -3.13. The molecular weight excluding hydrogens is 382 g/mol. The number of rotatable bonds is 3. The number of amides is 1. The van der Waals surface area contributed by atoms with Crippen LogP contribution in [-0.4, -0.2) is 36.8 Å². The Morgan fingerprint density at radius 2 is 1.96 bits per heavy atom. The molecule has 0 spiro atoms. The highest BCUT2D eigenvalue weighted by molar-refractivity contribution is 7.99. The summed E-state index contributed by atoms with van der Waals surface area (Å²) < 4.78 is 5.90. The molecule has 1 aromatic heterocycles. The van der Waals surface area contributed by atoms with E-state index in [2.05, 4.69) is 11.9 Å². The van der Waals surface area contributed by atoms with Gasteiger partial charge >= 0.3 is 6.09 Å². The van der Waals surface area contributed by atoms with Crippen molar-refractivity contribution in [3.05, 3.63) is 42.6 Å². The Bertz CT molecular complexity index is 751. The van der Waals surface area contributed by atoms with Crippen LogP contribution in [0, 0.1) is 0 Å². The van der Waals surface area contributed by atoms with Gasteiger partial charge in [-0.3, -0.25) is 0 Å². The van der Waals surface area contributed by atoms with E-state index in [4.69, 9.17) is 4.74 Å². The quantitative estimate of drug-likeness (QED) is 0.797. The number of fused-ring (bicyclic) bond motifs is 2. The molecule has 4 rings (SSSR count). The van der Waals surface area contributed by atoms with E-state index in [0.29, 0.717) is 5.82 Å². The summed E-state index contributed by atoms with van der Waals surface area (Å²) in [5.74, 6) is 0.662. The first-order chi connectivity index (χ1) is 12.8. The van der Waals surface area contributed by atoms with E-state index < -0.39 is 0 Å². The molecule has 27 heavy (non-hydrogen) atoms. The third-order valence-electron chi connectivity index (χ3n) is 4.98. The SMILES string of the molecule is CCC[NH+]1CCC(OC(=O)N2c3ccccc3Sc3cccnc32)CC1.[Cl-]. The Hall–Kier alpha value is -1.76. The monoisotopic (exact) mass is 405 g/mol. The smallest absolute Gasteiger partial charge is 0.420 e. The summed E-state index contributed by atoms with van der Waals surface area (Å²) in [5.41, 5.74) is 0.850. The molecule has 0 unspecified atom stereocenters. The van der Waals surface area contributed by atoms with E-state index >= 15 is 0 Å². The Kier molecular flexibility index (Phi) is 6.63. The van der Waals surface area contributed by atoms with Gasteiger partial charge in [0.05, 0.1) is 30.2 Å². The van der Waals surface area contributed by atoms with Gasteiger partial charge in [-0.25, -0.2) is 14.7 Å². The standard InChI is InChI=1S/C20H23N3O2S.ClH/c1-2-12-22-13-9-15(10-14-22)25-20(24)23-16-6-3-4-7-17(16)26-18-8-5-11-21-19(18)23;/h3-8,11,15H,2,9-10,12-14H2,1H3;1H. The van der Waals surface area contributed by atoms with Crippen LogP contribution in [-0.2, 0) is 4.74 Å². The van der Waals surface area contributed by atoms with Crippen molar-refractivity contribution in [3.63, 3.8) is 0 Å². The van der Waals surface area contributed by atoms with Crippen molar-refractivity contribution in [1.82, 2.24) is 4.98 Å². The van der Waals surface area contributed by atoms with Gasteiger partial charge in [-0.15, -0.1) is 0 Å². The molecule has 1 saturated heterocycles. The van der Waals surface area contributed by atoms with Crippen LogP contribution in [0.1, 0.15) is 26.2 Å². The molecule has 5 nitrogen and oxygen atoms in total. The van der Waals surface area contributed by atoms with Crippen molar-refractivity contribution in [2.24, 2.45) is 0 Å². The lowest BCUT2D eigenvalue weighted by atomic mass is 10.1. The Morgan fingerprint density at radius 1 is 1.22 bits per heavy atom. The van der Waals surface area contributed by atoms with Crippen LogP contribution >= 0.6 is 11.8 Å². The number of carbonyl (C=O) groups excluding carboxylic acids is 1. The number of carbonyl (C=O) groups is 1. The molecule has 0 bridgehead atoms. The maximum absolute atomic E-state index is 13.0. The number of nitrogens with one attached hydrogen (secondary N) is 1. The summed E-state index contributed by atoms with van der Waals surface area (Å²) in [6.45, 7) is 5.57. The molecule has 0 radical (unpaired) electrons. The van der Waals surface area contributed by atoms with E-state index in [-0.39, 0.29) is 24.6 Å². The summed E-state index contributed by atoms with van der Waals surface area (Å²) in [6.07, 6.45) is 4.46. The highest BCUT2D eigenvalue weighted by Crippen LogP contribution is 2.47. The molecule has 7 heteroatoms. The van der Waals surface area contributed by atoms with Gasteiger partial charge in [-0.2, -0.15) is 0 Å². The van der Waals surface area contributed by atoms with Crippen LogP contribution in [0.5, 0.6) is 0 Å². The van der Waals surface area contributed by atoms with Gasteiger partial charge in [0.25, 0.3) is 0 Å². The minimum absolute atomic E-state index is 0. The van der Waals surface area contributed by atoms with Gasteiger partial charge in [-0.05, 0) is 30.7 Å². The number of likely N-dealkylation sites (tertiary alicyclic amines) is 1. The van der Waals surface area contributed by atoms with E-state index in [1.165, 1.54) is 13.0 Å². The molecule has 144 valence electrons. The van der Waals surface area contributed by atoms with Crippen LogP contribution in [0.25, 0.3) is 0 Å². The number of pyridine rings is 1. The lowest BCUT2D eigenvalue weighted by molar-refractivity contribution is -0.906. The molecule has 1 amide bonds. The van der Waals surface area contributed by atoms with Crippen LogP contribution in [0.4, 0.5) is 16.3 Å². The number of aromatic nitrogens is 1. The largest absolute Gasteiger partial charge is 1.00 e. The van der Waals surface area contributed by atoms with Crippen molar-refractivity contribution in [1.29, 1.82) is 0 Å². The van der Waals surface area contributed by atoms with E-state index in [1.54, 1.807) is 27.8 Å². The second-order valence-electron chi connectivity index (χ2n) is 6.81. The van der Waals surface area contributed by atoms with Crippen LogP contribution in [0.3, 0.4) is 0 Å². The zero-order valence-corrected chi connectivity index (χ0v) is 16.9. The second-order valence-corrected chi connectivity index (χ2v) is 7.90. The maximum atomic E-state index is 13.0. The first kappa shape index (κ1) is 20.0. The normalized spacial score (nSPS) is 20.9. The summed E-state index contributed by atoms with van der Waals surface area (Å²) in [6, 6.07) is 11.8. The van der Waals surface area contributed by atoms with Gasteiger partial charge in [0.2, 0.25) is 0 Å². The highest BCUT2D eigenvalue weighted by Gasteiger charge is 2.33. The Morgan fingerprint density at radius 3 is 2.74 bits per heavy atom. The van der Waals surface area contributed by atoms with E-state index in [0.717, 1.165) is 41.4 Å². The Balaban J connectivity index is 0.00000210. The number of halogens is 1. The number of hydrogen-bond donors (Lipinski definition) is 1. The maximum Gasteiger partial charge on any atom is 0.420 e. The van der Waals surface area contributed by atoms with Gasteiger partial charge < -0.3 is 22.0 Å². The predicted molar refractivity (Wildman–Crippen MR) is 102 cm³/mol. The fourth-order valence-corrected chi connectivity index (χ4v) is 4.72. The van der Waals surface area contributed by atoms with Crippen LogP contribution in [0.15, 0.2) is 52.4 Å². The number of quaternary nitrogens is 1. The molecule has 2 aliphatic rings. The number of nitrogens with zero attached hydrogens (tertiary/aromatic N) is 2. The Labute approximate surface area is 170 Å². The van der Waals surface area contributed by atoms with Gasteiger partial charge in [0, 0.05) is 23.9 Å². The molecule has 1 fully saturated rings. The fraction of sp³-hybridized carbons (Fsp3) is 0.400. The van der Waals surface area contributed by atoms with Crippen molar-refractivity contribution < 1.29 is 26.8 Å². The second kappa shape index (κ2) is 8.95. The molecule has 1 aromatic carbocycles. The predicted octanol–water partition coefficient (Wildman–Crippen LogP) is 0.282. The average Bonchev–Trinajstić information content (AvgIpc) is 2.67. The van der Waals surface area contributed by atoms with Crippen molar-refractivity contribution in [2.75, 3.05) is 24.5 Å². The van der Waals surface area contributed by atoms with Crippen molar-refractivity contribution >= 4 is 29.4 Å². The fourth-order valence-electron chi connectivity index (χ4n) is 3.69. The number of para-hydroxylation sites is 1. The molecule has 0 saturated carbocycles. The first-order valence-electron chi connectivity index (χ1n) is 9.32. The number of piperidine rings is 1. The zero-order valence-electron chi connectivity index (χ0n) is 15.4. The molecule has 0 aliphatic carbocycles. The van der Waals surface area contributed by atoms with Crippen molar-refractivity contribution in [2.45, 2.75) is 42.1 Å². The van der Waals surface area contributed by atoms with Gasteiger partial charge in [0.15, 0.2) is 5.82 Å². The molecule has 1 N–H and O–H groups in total. The summed E-state index contributed by atoms with van der Waals surface area (Å²) in [5, 5.41) is 0. The van der Waals surface area contributed by atoms with Gasteiger partial charge in [0.1, 0.15) is 6.10 Å². The molecule has 0 atom stereocenters. The zero-order chi connectivity index (χ0) is 17.9. The molecular formula is C20H24ClN3O2S. The van der Waals surface area contributed by atoms with Gasteiger partial charge in [-0.1, -0.05) is 30.8 Å². The minimum atomic E-state index is -0.318. The minimum Gasteiger partial charge on any atom is -1.00 e. The summed E-state index contributed by atoms with van der Waals surface area (Å²) in [4.78, 5) is 22.8. The van der Waals surface area contributed by atoms with Crippen molar-refractivity contribution in [3.8, 4) is 0 Å². The first-order valence-corrected chi connectivity index (χ1v) is 10.1. The number of benzene rings is 1. The van der Waals surface area contributed by atoms with Crippen LogP contribution in [0.2, 0.25) is 0 Å². The molecule has 2 aliphatic heterocycles. The topological polar surface area (TPSA) is 46.9 Å². The molecule has 3 heterocycles. The number of hydrogen-bond acceptors (Lipinski definition) is 4. The highest BCUT2D eigenvalue weighted by atomic mass is 35.5. The number of anilines is 2. The van der Waals surface area contributed by atoms with E-state index in [9.17, 15) is 4.79 Å². The van der Waals surface area contributed by atoms with Crippen LogP contribution < -0.4 is 22.2 Å². The lowest BCUT2D eigenvalue weighted by Gasteiger charge is -2.32. The summed E-state index contributed by atoms with van der Waals surface area (Å²) in [7, 11) is 0. The van der Waals surface area contributed by atoms with E-state index in [1.807, 2.05) is 36.4 Å².